The number of nitrogens with one attached hydrogen (secondary N) is 2. The molecule has 112 valence electrons. The second kappa shape index (κ2) is 6.74. The van der Waals surface area contributed by atoms with Gasteiger partial charge in [0.25, 0.3) is 0 Å². The van der Waals surface area contributed by atoms with Crippen LogP contribution in [0.15, 0.2) is 12.4 Å². The summed E-state index contributed by atoms with van der Waals surface area (Å²) in [5.74, 6) is 1.21. The van der Waals surface area contributed by atoms with Gasteiger partial charge in [0.05, 0.1) is 18.5 Å². The van der Waals surface area contributed by atoms with E-state index >= 15 is 0 Å². The molecule has 0 radical (unpaired) electrons. The summed E-state index contributed by atoms with van der Waals surface area (Å²) in [6, 6.07) is 0.482. The highest BCUT2D eigenvalue weighted by Crippen LogP contribution is 2.37. The van der Waals surface area contributed by atoms with Crippen LogP contribution < -0.4 is 10.6 Å². The van der Waals surface area contributed by atoms with Crippen molar-refractivity contribution < 1.29 is 9.90 Å². The van der Waals surface area contributed by atoms with Crippen molar-refractivity contribution in [3.8, 4) is 0 Å². The Morgan fingerprint density at radius 1 is 1.55 bits per heavy atom. The number of aliphatic hydroxyl groups is 1. The summed E-state index contributed by atoms with van der Waals surface area (Å²) in [7, 11) is 0. The highest BCUT2D eigenvalue weighted by molar-refractivity contribution is 5.75. The average molecular weight is 280 g/mol. The van der Waals surface area contributed by atoms with Gasteiger partial charge in [-0.05, 0) is 24.7 Å². The summed E-state index contributed by atoms with van der Waals surface area (Å²) in [4.78, 5) is 11.5. The molecule has 1 aliphatic carbocycles. The third-order valence-corrected chi connectivity index (χ3v) is 3.55. The first-order valence-electron chi connectivity index (χ1n) is 7.26. The van der Waals surface area contributed by atoms with Gasteiger partial charge in [-0.1, -0.05) is 13.8 Å². The molecule has 0 bridgehead atoms. The van der Waals surface area contributed by atoms with Crippen LogP contribution in [0.2, 0.25) is 0 Å². The van der Waals surface area contributed by atoms with Crippen molar-refractivity contribution in [3.63, 3.8) is 0 Å². The Morgan fingerprint density at radius 3 is 2.90 bits per heavy atom. The number of aliphatic hydroxyl groups excluding tert-OH is 1. The second-order valence-corrected chi connectivity index (χ2v) is 5.75. The SMILES string of the molecule is CC(C)C(Nc1cnn(CC(=O)NCCO)c1)C1CC1. The van der Waals surface area contributed by atoms with Gasteiger partial charge in [-0.25, -0.2) is 0 Å². The van der Waals surface area contributed by atoms with Gasteiger partial charge in [0.2, 0.25) is 5.91 Å². The normalized spacial score (nSPS) is 16.2. The molecule has 1 aromatic heterocycles. The van der Waals surface area contributed by atoms with E-state index in [9.17, 15) is 4.79 Å². The molecular formula is C14H24N4O2. The molecular weight excluding hydrogens is 256 g/mol. The van der Waals surface area contributed by atoms with Crippen LogP contribution in [0.5, 0.6) is 0 Å². The molecule has 1 saturated carbocycles. The van der Waals surface area contributed by atoms with E-state index in [-0.39, 0.29) is 25.6 Å². The van der Waals surface area contributed by atoms with Crippen LogP contribution in [0.4, 0.5) is 5.69 Å². The van der Waals surface area contributed by atoms with Gasteiger partial charge in [0.1, 0.15) is 6.54 Å². The van der Waals surface area contributed by atoms with E-state index in [4.69, 9.17) is 5.11 Å². The number of anilines is 1. The van der Waals surface area contributed by atoms with Gasteiger partial charge in [-0.3, -0.25) is 9.48 Å². The summed E-state index contributed by atoms with van der Waals surface area (Å²) in [5.41, 5.74) is 0.963. The molecule has 1 atom stereocenters. The lowest BCUT2D eigenvalue weighted by molar-refractivity contribution is -0.122. The summed E-state index contributed by atoms with van der Waals surface area (Å²) in [6.45, 7) is 4.86. The first kappa shape index (κ1) is 14.8. The van der Waals surface area contributed by atoms with E-state index in [2.05, 4.69) is 29.6 Å². The van der Waals surface area contributed by atoms with Gasteiger partial charge >= 0.3 is 0 Å². The molecule has 0 saturated heterocycles. The standard InChI is InChI=1S/C14H24N4O2/c1-10(2)14(11-3-4-11)17-12-7-16-18(8-12)9-13(20)15-5-6-19/h7-8,10-11,14,17,19H,3-6,9H2,1-2H3,(H,15,20). The molecule has 0 aromatic carbocycles. The Hall–Kier alpha value is -1.56. The van der Waals surface area contributed by atoms with Gasteiger partial charge in [0.15, 0.2) is 0 Å². The lowest BCUT2D eigenvalue weighted by Crippen LogP contribution is -2.30. The third kappa shape index (κ3) is 4.23. The fourth-order valence-corrected chi connectivity index (χ4v) is 2.40. The van der Waals surface area contributed by atoms with Crippen molar-refractivity contribution in [2.24, 2.45) is 11.8 Å². The quantitative estimate of drug-likeness (QED) is 0.659. The molecule has 1 amide bonds. The van der Waals surface area contributed by atoms with Crippen molar-refractivity contribution in [1.29, 1.82) is 0 Å². The largest absolute Gasteiger partial charge is 0.395 e. The lowest BCUT2D eigenvalue weighted by Gasteiger charge is -2.22. The summed E-state index contributed by atoms with van der Waals surface area (Å²) in [5, 5.41) is 19.0. The molecule has 1 aromatic rings. The zero-order valence-corrected chi connectivity index (χ0v) is 12.2. The third-order valence-electron chi connectivity index (χ3n) is 3.55. The number of aromatic nitrogens is 2. The molecule has 6 heteroatoms. The molecule has 0 spiro atoms. The maximum absolute atomic E-state index is 11.5. The van der Waals surface area contributed by atoms with E-state index in [1.807, 2.05) is 6.20 Å². The fourth-order valence-electron chi connectivity index (χ4n) is 2.40. The summed E-state index contributed by atoms with van der Waals surface area (Å²) < 4.78 is 1.61. The van der Waals surface area contributed by atoms with Crippen LogP contribution in [-0.4, -0.2) is 40.0 Å². The van der Waals surface area contributed by atoms with Gasteiger partial charge in [-0.2, -0.15) is 5.10 Å². The van der Waals surface area contributed by atoms with E-state index in [0.717, 1.165) is 11.6 Å². The van der Waals surface area contributed by atoms with Crippen molar-refractivity contribution >= 4 is 11.6 Å². The number of nitrogens with zero attached hydrogens (tertiary/aromatic N) is 2. The zero-order chi connectivity index (χ0) is 14.5. The predicted molar refractivity (Wildman–Crippen MR) is 77.3 cm³/mol. The Bertz CT molecular complexity index is 438. The molecule has 0 aliphatic heterocycles. The summed E-state index contributed by atoms with van der Waals surface area (Å²) >= 11 is 0. The predicted octanol–water partition coefficient (Wildman–Crippen LogP) is 0.838. The molecule has 1 heterocycles. The second-order valence-electron chi connectivity index (χ2n) is 5.75. The Labute approximate surface area is 119 Å². The Kier molecular flexibility index (Phi) is 5.00. The van der Waals surface area contributed by atoms with E-state index in [0.29, 0.717) is 12.0 Å². The maximum Gasteiger partial charge on any atom is 0.241 e. The average Bonchev–Trinajstić information content (AvgIpc) is 3.15. The van der Waals surface area contributed by atoms with Crippen LogP contribution in [0.3, 0.4) is 0 Å². The van der Waals surface area contributed by atoms with Crippen molar-refractivity contribution in [2.75, 3.05) is 18.5 Å². The van der Waals surface area contributed by atoms with Crippen molar-refractivity contribution in [3.05, 3.63) is 12.4 Å². The molecule has 20 heavy (non-hydrogen) atoms. The highest BCUT2D eigenvalue weighted by atomic mass is 16.3. The first-order chi connectivity index (χ1) is 9.60. The fraction of sp³-hybridized carbons (Fsp3) is 0.714. The number of hydrogen-bond acceptors (Lipinski definition) is 4. The maximum atomic E-state index is 11.5. The number of amides is 1. The van der Waals surface area contributed by atoms with Gasteiger partial charge in [-0.15, -0.1) is 0 Å². The minimum atomic E-state index is -0.142. The highest BCUT2D eigenvalue weighted by Gasteiger charge is 2.33. The Morgan fingerprint density at radius 2 is 2.30 bits per heavy atom. The smallest absolute Gasteiger partial charge is 0.241 e. The molecule has 3 N–H and O–H groups in total. The Balaban J connectivity index is 1.86. The van der Waals surface area contributed by atoms with Crippen LogP contribution in [0.1, 0.15) is 26.7 Å². The van der Waals surface area contributed by atoms with Crippen LogP contribution in [-0.2, 0) is 11.3 Å². The number of carbonyl (C=O) groups excluding carboxylic acids is 1. The minimum absolute atomic E-state index is 0.0465. The van der Waals surface area contributed by atoms with Gasteiger partial charge < -0.3 is 15.7 Å². The van der Waals surface area contributed by atoms with Crippen LogP contribution in [0, 0.1) is 11.8 Å². The van der Waals surface area contributed by atoms with Gasteiger partial charge in [0, 0.05) is 18.8 Å². The molecule has 1 fully saturated rings. The molecule has 1 aliphatic rings. The monoisotopic (exact) mass is 280 g/mol. The van der Waals surface area contributed by atoms with E-state index in [1.165, 1.54) is 12.8 Å². The summed E-state index contributed by atoms with van der Waals surface area (Å²) in [6.07, 6.45) is 6.22. The van der Waals surface area contributed by atoms with Crippen molar-refractivity contribution in [2.45, 2.75) is 39.3 Å². The topological polar surface area (TPSA) is 79.2 Å². The zero-order valence-electron chi connectivity index (χ0n) is 12.2. The minimum Gasteiger partial charge on any atom is -0.395 e. The molecule has 1 unspecified atom stereocenters. The van der Waals surface area contributed by atoms with Crippen LogP contribution >= 0.6 is 0 Å². The van der Waals surface area contributed by atoms with Crippen molar-refractivity contribution in [1.82, 2.24) is 15.1 Å². The molecule has 2 rings (SSSR count). The number of rotatable bonds is 8. The van der Waals surface area contributed by atoms with Crippen LogP contribution in [0.25, 0.3) is 0 Å². The van der Waals surface area contributed by atoms with E-state index < -0.39 is 0 Å². The molecule has 6 nitrogen and oxygen atoms in total. The van der Waals surface area contributed by atoms with E-state index in [1.54, 1.807) is 10.9 Å². The number of hydrogen-bond donors (Lipinski definition) is 3. The lowest BCUT2D eigenvalue weighted by atomic mass is 9.99. The number of carbonyl (C=O) groups is 1. The first-order valence-corrected chi connectivity index (χ1v) is 7.26.